The Bertz CT molecular complexity index is 646. The van der Waals surface area contributed by atoms with E-state index in [1.165, 1.54) is 16.7 Å². The SMILES string of the molecule is O=[N+]([O-])c1ccc(C2=C(C3=CCC=C3)CC=C2)cc1. The van der Waals surface area contributed by atoms with Crippen LogP contribution in [0.3, 0.4) is 0 Å². The van der Waals surface area contributed by atoms with Crippen molar-refractivity contribution in [3.05, 3.63) is 81.5 Å². The van der Waals surface area contributed by atoms with E-state index >= 15 is 0 Å². The molecular formula is C16H13NO2. The fourth-order valence-corrected chi connectivity index (χ4v) is 2.49. The second-order valence-electron chi connectivity index (χ2n) is 4.60. The largest absolute Gasteiger partial charge is 0.269 e. The van der Waals surface area contributed by atoms with Gasteiger partial charge in [-0.05, 0) is 47.3 Å². The van der Waals surface area contributed by atoms with Gasteiger partial charge in [0.2, 0.25) is 0 Å². The van der Waals surface area contributed by atoms with Crippen molar-refractivity contribution in [1.82, 2.24) is 0 Å². The lowest BCUT2D eigenvalue weighted by Gasteiger charge is -2.07. The molecule has 0 amide bonds. The zero-order chi connectivity index (χ0) is 13.2. The molecule has 1 aromatic rings. The number of allylic oxidation sites excluding steroid dienone is 8. The van der Waals surface area contributed by atoms with Crippen LogP contribution in [0.1, 0.15) is 18.4 Å². The molecule has 94 valence electrons. The summed E-state index contributed by atoms with van der Waals surface area (Å²) in [5.74, 6) is 0. The summed E-state index contributed by atoms with van der Waals surface area (Å²) in [6.45, 7) is 0. The van der Waals surface area contributed by atoms with Crippen molar-refractivity contribution in [2.45, 2.75) is 12.8 Å². The number of rotatable bonds is 3. The second-order valence-corrected chi connectivity index (χ2v) is 4.60. The van der Waals surface area contributed by atoms with E-state index in [1.807, 2.05) is 12.1 Å². The molecule has 0 N–H and O–H groups in total. The second kappa shape index (κ2) is 4.69. The third kappa shape index (κ3) is 2.15. The molecule has 2 aliphatic rings. The smallest absolute Gasteiger partial charge is 0.258 e. The van der Waals surface area contributed by atoms with Crippen LogP contribution in [0.15, 0.2) is 65.8 Å². The van der Waals surface area contributed by atoms with Gasteiger partial charge in [-0.2, -0.15) is 0 Å². The van der Waals surface area contributed by atoms with E-state index in [9.17, 15) is 10.1 Å². The van der Waals surface area contributed by atoms with Crippen molar-refractivity contribution in [1.29, 1.82) is 0 Å². The highest BCUT2D eigenvalue weighted by Crippen LogP contribution is 2.35. The van der Waals surface area contributed by atoms with Crippen LogP contribution < -0.4 is 0 Å². The van der Waals surface area contributed by atoms with Gasteiger partial charge in [0, 0.05) is 12.1 Å². The molecule has 0 aromatic heterocycles. The summed E-state index contributed by atoms with van der Waals surface area (Å²) in [5, 5.41) is 10.7. The number of hydrogen-bond donors (Lipinski definition) is 0. The number of hydrogen-bond acceptors (Lipinski definition) is 2. The molecule has 0 atom stereocenters. The van der Waals surface area contributed by atoms with Crippen LogP contribution in [-0.4, -0.2) is 4.92 Å². The number of nitro benzene ring substituents is 1. The highest BCUT2D eigenvalue weighted by atomic mass is 16.6. The molecule has 3 rings (SSSR count). The quantitative estimate of drug-likeness (QED) is 0.597. The average molecular weight is 251 g/mol. The number of nitro groups is 1. The lowest BCUT2D eigenvalue weighted by Crippen LogP contribution is -1.90. The Labute approximate surface area is 111 Å². The van der Waals surface area contributed by atoms with Crippen molar-refractivity contribution in [2.24, 2.45) is 0 Å². The van der Waals surface area contributed by atoms with Crippen LogP contribution in [0.25, 0.3) is 5.57 Å². The summed E-state index contributed by atoms with van der Waals surface area (Å²) in [7, 11) is 0. The van der Waals surface area contributed by atoms with E-state index < -0.39 is 0 Å². The first kappa shape index (κ1) is 11.7. The van der Waals surface area contributed by atoms with Crippen LogP contribution in [0.4, 0.5) is 5.69 Å². The minimum atomic E-state index is -0.369. The van der Waals surface area contributed by atoms with E-state index in [4.69, 9.17) is 0 Å². The molecule has 1 aromatic carbocycles. The predicted octanol–water partition coefficient (Wildman–Crippen LogP) is 4.19. The maximum atomic E-state index is 10.7. The molecule has 19 heavy (non-hydrogen) atoms. The van der Waals surface area contributed by atoms with Crippen molar-refractivity contribution in [2.75, 3.05) is 0 Å². The maximum Gasteiger partial charge on any atom is 0.269 e. The normalized spacial score (nSPS) is 17.2. The molecule has 2 aliphatic carbocycles. The van der Waals surface area contributed by atoms with Gasteiger partial charge in [0.05, 0.1) is 4.92 Å². The van der Waals surface area contributed by atoms with Crippen LogP contribution in [0.2, 0.25) is 0 Å². The highest BCUT2D eigenvalue weighted by Gasteiger charge is 2.15. The molecule has 0 saturated heterocycles. The molecule has 0 fully saturated rings. The Hall–Kier alpha value is -2.42. The van der Waals surface area contributed by atoms with Gasteiger partial charge in [0.15, 0.2) is 0 Å². The first-order valence-electron chi connectivity index (χ1n) is 6.27. The summed E-state index contributed by atoms with van der Waals surface area (Å²) in [4.78, 5) is 10.3. The first-order valence-corrected chi connectivity index (χ1v) is 6.27. The zero-order valence-corrected chi connectivity index (χ0v) is 10.4. The van der Waals surface area contributed by atoms with Crippen molar-refractivity contribution in [3.8, 4) is 0 Å². The Morgan fingerprint density at radius 2 is 1.84 bits per heavy atom. The van der Waals surface area contributed by atoms with Crippen LogP contribution in [0.5, 0.6) is 0 Å². The molecule has 0 radical (unpaired) electrons. The minimum Gasteiger partial charge on any atom is -0.258 e. The fourth-order valence-electron chi connectivity index (χ4n) is 2.49. The van der Waals surface area contributed by atoms with Gasteiger partial charge in [0.25, 0.3) is 5.69 Å². The Morgan fingerprint density at radius 3 is 2.47 bits per heavy atom. The summed E-state index contributed by atoms with van der Waals surface area (Å²) in [6.07, 6.45) is 12.7. The van der Waals surface area contributed by atoms with Gasteiger partial charge in [-0.1, -0.05) is 30.4 Å². The van der Waals surface area contributed by atoms with Crippen LogP contribution in [-0.2, 0) is 0 Å². The zero-order valence-electron chi connectivity index (χ0n) is 10.4. The monoisotopic (exact) mass is 251 g/mol. The van der Waals surface area contributed by atoms with Gasteiger partial charge < -0.3 is 0 Å². The van der Waals surface area contributed by atoms with Crippen LogP contribution >= 0.6 is 0 Å². The Balaban J connectivity index is 1.99. The topological polar surface area (TPSA) is 43.1 Å². The lowest BCUT2D eigenvalue weighted by atomic mass is 9.97. The van der Waals surface area contributed by atoms with Gasteiger partial charge in [-0.25, -0.2) is 0 Å². The lowest BCUT2D eigenvalue weighted by molar-refractivity contribution is -0.384. The van der Waals surface area contributed by atoms with Gasteiger partial charge in [-0.15, -0.1) is 0 Å². The minimum absolute atomic E-state index is 0.132. The average Bonchev–Trinajstić information content (AvgIpc) is 3.09. The highest BCUT2D eigenvalue weighted by molar-refractivity contribution is 5.83. The molecule has 0 aliphatic heterocycles. The van der Waals surface area contributed by atoms with Gasteiger partial charge in [0.1, 0.15) is 0 Å². The molecule has 3 nitrogen and oxygen atoms in total. The van der Waals surface area contributed by atoms with E-state index in [0.29, 0.717) is 0 Å². The van der Waals surface area contributed by atoms with Gasteiger partial charge in [-0.3, -0.25) is 10.1 Å². The van der Waals surface area contributed by atoms with Crippen molar-refractivity contribution in [3.63, 3.8) is 0 Å². The van der Waals surface area contributed by atoms with E-state index in [0.717, 1.165) is 18.4 Å². The molecule has 3 heteroatoms. The third-order valence-electron chi connectivity index (χ3n) is 3.44. The summed E-state index contributed by atoms with van der Waals surface area (Å²) < 4.78 is 0. The first-order chi connectivity index (χ1) is 9.25. The summed E-state index contributed by atoms with van der Waals surface area (Å²) in [5.41, 5.74) is 4.93. The predicted molar refractivity (Wildman–Crippen MR) is 75.6 cm³/mol. The van der Waals surface area contributed by atoms with Crippen molar-refractivity contribution >= 4 is 11.3 Å². The van der Waals surface area contributed by atoms with Crippen LogP contribution in [0, 0.1) is 10.1 Å². The Morgan fingerprint density at radius 1 is 1.05 bits per heavy atom. The fraction of sp³-hybridized carbons (Fsp3) is 0.125. The van der Waals surface area contributed by atoms with Crippen molar-refractivity contribution < 1.29 is 4.92 Å². The summed E-state index contributed by atoms with van der Waals surface area (Å²) >= 11 is 0. The molecule has 0 heterocycles. The molecular weight excluding hydrogens is 238 g/mol. The number of benzene rings is 1. The van der Waals surface area contributed by atoms with E-state index in [2.05, 4.69) is 30.4 Å². The molecule has 0 saturated carbocycles. The molecule has 0 bridgehead atoms. The third-order valence-corrected chi connectivity index (χ3v) is 3.44. The van der Waals surface area contributed by atoms with Gasteiger partial charge >= 0.3 is 0 Å². The van der Waals surface area contributed by atoms with E-state index in [1.54, 1.807) is 12.1 Å². The number of nitrogens with zero attached hydrogens (tertiary/aromatic N) is 1. The summed E-state index contributed by atoms with van der Waals surface area (Å²) in [6, 6.07) is 6.76. The maximum absolute atomic E-state index is 10.7. The van der Waals surface area contributed by atoms with E-state index in [-0.39, 0.29) is 10.6 Å². The molecule has 0 spiro atoms. The standard InChI is InChI=1S/C16H13NO2/c18-17(19)14-10-8-13(9-11-14)16-7-3-6-15(16)12-4-1-2-5-12/h1,3-5,7-11H,2,6H2. The molecule has 0 unspecified atom stereocenters. The Kier molecular flexibility index (Phi) is 2.88. The number of non-ortho nitro benzene ring substituents is 1.